The average Bonchev–Trinajstić information content (AvgIpc) is 2.46. The van der Waals surface area contributed by atoms with E-state index >= 15 is 0 Å². The summed E-state index contributed by atoms with van der Waals surface area (Å²) in [5, 5.41) is 8.77. The first-order valence-electron chi connectivity index (χ1n) is 7.12. The number of aliphatic carboxylic acids is 1. The van der Waals surface area contributed by atoms with Crippen molar-refractivity contribution in [1.82, 2.24) is 4.72 Å². The van der Waals surface area contributed by atoms with Crippen LogP contribution in [0.1, 0.15) is 37.7 Å². The molecule has 1 aliphatic rings. The minimum Gasteiger partial charge on any atom is -0.480 e. The van der Waals surface area contributed by atoms with Gasteiger partial charge >= 0.3 is 12.1 Å². The zero-order valence-corrected chi connectivity index (χ0v) is 13.9. The molecule has 0 spiro atoms. The highest BCUT2D eigenvalue weighted by Crippen LogP contribution is 2.36. The van der Waals surface area contributed by atoms with Crippen LogP contribution in [0, 0.1) is 0 Å². The van der Waals surface area contributed by atoms with Crippen molar-refractivity contribution in [3.05, 3.63) is 28.8 Å². The molecule has 0 aliphatic heterocycles. The predicted octanol–water partition coefficient (Wildman–Crippen LogP) is 3.42. The lowest BCUT2D eigenvalue weighted by molar-refractivity contribution is -0.145. The molecule has 1 aromatic carbocycles. The maximum Gasteiger partial charge on any atom is 0.417 e. The summed E-state index contributed by atoms with van der Waals surface area (Å²) in [6, 6.07) is 2.15. The van der Waals surface area contributed by atoms with Gasteiger partial charge in [0.1, 0.15) is 5.54 Å². The number of alkyl halides is 3. The number of halogens is 4. The number of benzene rings is 1. The Morgan fingerprint density at radius 1 is 1.21 bits per heavy atom. The number of carboxylic acids is 1. The molecule has 0 heterocycles. The van der Waals surface area contributed by atoms with Crippen molar-refractivity contribution >= 4 is 27.6 Å². The Hall–Kier alpha value is -1.32. The van der Waals surface area contributed by atoms with Crippen LogP contribution in [-0.4, -0.2) is 25.0 Å². The quantitative estimate of drug-likeness (QED) is 0.831. The largest absolute Gasteiger partial charge is 0.480 e. The summed E-state index contributed by atoms with van der Waals surface area (Å²) in [6.45, 7) is 0. The van der Waals surface area contributed by atoms with Crippen LogP contribution in [0.3, 0.4) is 0 Å². The molecule has 1 saturated carbocycles. The minimum atomic E-state index is -4.82. The van der Waals surface area contributed by atoms with Crippen LogP contribution in [0.4, 0.5) is 13.2 Å². The number of carboxylic acid groups (broad SMARTS) is 1. The number of sulfonamides is 1. The van der Waals surface area contributed by atoms with E-state index in [1.54, 1.807) is 0 Å². The molecule has 1 aliphatic carbocycles. The van der Waals surface area contributed by atoms with E-state index in [1.807, 2.05) is 0 Å². The van der Waals surface area contributed by atoms with E-state index in [0.29, 0.717) is 18.9 Å². The molecule has 24 heavy (non-hydrogen) atoms. The highest BCUT2D eigenvalue weighted by molar-refractivity contribution is 7.89. The minimum absolute atomic E-state index is 0.0846. The van der Waals surface area contributed by atoms with Crippen molar-refractivity contribution in [1.29, 1.82) is 0 Å². The normalized spacial score (nSPS) is 18.3. The van der Waals surface area contributed by atoms with E-state index in [9.17, 15) is 31.5 Å². The van der Waals surface area contributed by atoms with Crippen LogP contribution in [0.2, 0.25) is 5.02 Å². The molecule has 0 atom stereocenters. The van der Waals surface area contributed by atoms with Crippen molar-refractivity contribution in [2.45, 2.75) is 48.7 Å². The molecule has 0 radical (unpaired) electrons. The van der Waals surface area contributed by atoms with Gasteiger partial charge in [-0.25, -0.2) is 8.42 Å². The van der Waals surface area contributed by atoms with Gasteiger partial charge in [-0.15, -0.1) is 0 Å². The Bertz CT molecular complexity index is 743. The number of carbonyl (C=O) groups is 1. The first-order chi connectivity index (χ1) is 11.0. The molecule has 134 valence electrons. The fourth-order valence-electron chi connectivity index (χ4n) is 2.72. The van der Waals surface area contributed by atoms with Gasteiger partial charge in [-0.2, -0.15) is 17.9 Å². The smallest absolute Gasteiger partial charge is 0.417 e. The van der Waals surface area contributed by atoms with E-state index in [4.69, 9.17) is 11.6 Å². The van der Waals surface area contributed by atoms with Crippen LogP contribution in [0.25, 0.3) is 0 Å². The summed E-state index contributed by atoms with van der Waals surface area (Å²) >= 11 is 5.47. The Kier molecular flexibility index (Phi) is 5.17. The van der Waals surface area contributed by atoms with Gasteiger partial charge < -0.3 is 5.11 Å². The maximum absolute atomic E-state index is 12.9. The van der Waals surface area contributed by atoms with Crippen LogP contribution in [0.15, 0.2) is 23.1 Å². The fraction of sp³-hybridized carbons (Fsp3) is 0.500. The van der Waals surface area contributed by atoms with Crippen molar-refractivity contribution in [2.24, 2.45) is 0 Å². The maximum atomic E-state index is 12.9. The third kappa shape index (κ3) is 3.84. The third-order valence-electron chi connectivity index (χ3n) is 4.00. The van der Waals surface area contributed by atoms with E-state index in [0.717, 1.165) is 18.6 Å². The van der Waals surface area contributed by atoms with E-state index in [2.05, 4.69) is 4.72 Å². The molecular weight excluding hydrogens is 371 g/mol. The van der Waals surface area contributed by atoms with Crippen LogP contribution in [-0.2, 0) is 21.0 Å². The molecule has 2 N–H and O–H groups in total. The molecule has 5 nitrogen and oxygen atoms in total. The number of hydrogen-bond donors (Lipinski definition) is 2. The van der Waals surface area contributed by atoms with E-state index < -0.39 is 43.2 Å². The van der Waals surface area contributed by atoms with E-state index in [-0.39, 0.29) is 12.8 Å². The van der Waals surface area contributed by atoms with Crippen molar-refractivity contribution in [3.8, 4) is 0 Å². The summed E-state index contributed by atoms with van der Waals surface area (Å²) in [5.74, 6) is -1.34. The van der Waals surface area contributed by atoms with Crippen LogP contribution >= 0.6 is 11.6 Å². The molecule has 0 aromatic heterocycles. The van der Waals surface area contributed by atoms with Crippen molar-refractivity contribution < 1.29 is 31.5 Å². The zero-order valence-electron chi connectivity index (χ0n) is 12.4. The SMILES string of the molecule is O=C(O)C1(NS(=O)(=O)c2ccc(Cl)c(C(F)(F)F)c2)CCCCC1. The molecule has 0 bridgehead atoms. The molecule has 1 aromatic rings. The van der Waals surface area contributed by atoms with Crippen LogP contribution in [0.5, 0.6) is 0 Å². The van der Waals surface area contributed by atoms with Gasteiger partial charge in [0.25, 0.3) is 0 Å². The van der Waals surface area contributed by atoms with Crippen LogP contribution < -0.4 is 4.72 Å². The summed E-state index contributed by atoms with van der Waals surface area (Å²) in [4.78, 5) is 10.9. The van der Waals surface area contributed by atoms with Gasteiger partial charge in [-0.05, 0) is 31.0 Å². The molecule has 0 saturated heterocycles. The summed E-state index contributed by atoms with van der Waals surface area (Å²) in [5.41, 5.74) is -2.99. The Labute approximate surface area is 141 Å². The molecule has 1 fully saturated rings. The lowest BCUT2D eigenvalue weighted by Crippen LogP contribution is -2.55. The fourth-order valence-corrected chi connectivity index (χ4v) is 4.39. The molecular formula is C14H15ClF3NO4S. The standard InChI is InChI=1S/C14H15ClF3NO4S/c15-11-5-4-9(8-10(11)14(16,17)18)24(22,23)19-13(12(20)21)6-2-1-3-7-13/h4-5,8,19H,1-3,6-7H2,(H,20,21). The number of hydrogen-bond acceptors (Lipinski definition) is 3. The monoisotopic (exact) mass is 385 g/mol. The van der Waals surface area contributed by atoms with E-state index in [1.165, 1.54) is 0 Å². The molecule has 0 amide bonds. The Morgan fingerprint density at radius 2 is 1.79 bits per heavy atom. The predicted molar refractivity (Wildman–Crippen MR) is 80.2 cm³/mol. The number of rotatable bonds is 4. The van der Waals surface area contributed by atoms with Crippen molar-refractivity contribution in [2.75, 3.05) is 0 Å². The number of nitrogens with one attached hydrogen (secondary N) is 1. The zero-order chi connectivity index (χ0) is 18.2. The summed E-state index contributed by atoms with van der Waals surface area (Å²) in [6.07, 6.45) is -2.84. The topological polar surface area (TPSA) is 83.5 Å². The Balaban J connectivity index is 2.42. The Morgan fingerprint density at radius 3 is 2.29 bits per heavy atom. The molecule has 2 rings (SSSR count). The second kappa shape index (κ2) is 6.53. The average molecular weight is 386 g/mol. The second-order valence-corrected chi connectivity index (χ2v) is 7.78. The molecule has 0 unspecified atom stereocenters. The summed E-state index contributed by atoms with van der Waals surface area (Å²) in [7, 11) is -4.45. The van der Waals surface area contributed by atoms with Gasteiger partial charge in [0.05, 0.1) is 15.5 Å². The highest BCUT2D eigenvalue weighted by atomic mass is 35.5. The third-order valence-corrected chi connectivity index (χ3v) is 5.86. The first-order valence-corrected chi connectivity index (χ1v) is 8.98. The first kappa shape index (κ1) is 19.0. The van der Waals surface area contributed by atoms with Crippen molar-refractivity contribution in [3.63, 3.8) is 0 Å². The molecule has 10 heteroatoms. The lowest BCUT2D eigenvalue weighted by Gasteiger charge is -2.33. The van der Waals surface area contributed by atoms with Gasteiger partial charge in [-0.1, -0.05) is 30.9 Å². The summed E-state index contributed by atoms with van der Waals surface area (Å²) < 4.78 is 65.6. The van der Waals surface area contributed by atoms with Gasteiger partial charge in [0, 0.05) is 0 Å². The van der Waals surface area contributed by atoms with Gasteiger partial charge in [0.15, 0.2) is 0 Å². The second-order valence-electron chi connectivity index (χ2n) is 5.69. The van der Waals surface area contributed by atoms with Gasteiger partial charge in [0.2, 0.25) is 10.0 Å². The highest BCUT2D eigenvalue weighted by Gasteiger charge is 2.43. The lowest BCUT2D eigenvalue weighted by atomic mass is 9.83. The van der Waals surface area contributed by atoms with Gasteiger partial charge in [-0.3, -0.25) is 4.79 Å².